The Bertz CT molecular complexity index is 773. The molecular weight excluding hydrogens is 335 g/mol. The summed E-state index contributed by atoms with van der Waals surface area (Å²) in [5.41, 5.74) is 1.08. The van der Waals surface area contributed by atoms with Gasteiger partial charge in [0, 0.05) is 12.1 Å². The molecule has 0 saturated heterocycles. The van der Waals surface area contributed by atoms with Crippen molar-refractivity contribution in [3.63, 3.8) is 0 Å². The summed E-state index contributed by atoms with van der Waals surface area (Å²) in [6.45, 7) is 0. The summed E-state index contributed by atoms with van der Waals surface area (Å²) in [4.78, 5) is 17.4. The van der Waals surface area contributed by atoms with Gasteiger partial charge in [-0.1, -0.05) is 22.8 Å². The summed E-state index contributed by atoms with van der Waals surface area (Å²) in [7, 11) is 1.56. The van der Waals surface area contributed by atoms with Crippen LogP contribution in [-0.4, -0.2) is 24.8 Å². The molecule has 0 saturated carbocycles. The highest BCUT2D eigenvalue weighted by molar-refractivity contribution is 6.34. The summed E-state index contributed by atoms with van der Waals surface area (Å²) < 4.78 is 19.0. The number of rotatable bonds is 4. The van der Waals surface area contributed by atoms with Gasteiger partial charge in [-0.05, 0) is 36.4 Å². The van der Waals surface area contributed by atoms with E-state index >= 15 is 0 Å². The maximum atomic E-state index is 13.9. The summed E-state index contributed by atoms with van der Waals surface area (Å²) >= 11 is 6.01. The molecule has 0 aromatic heterocycles. The zero-order valence-corrected chi connectivity index (χ0v) is 13.5. The molecule has 0 aliphatic carbocycles. The monoisotopic (exact) mass is 348 g/mol. The number of amides is 1. The van der Waals surface area contributed by atoms with Crippen molar-refractivity contribution in [2.24, 2.45) is 5.16 Å². The number of benzene rings is 2. The molecule has 0 fully saturated rings. The molecular formula is C17H14ClFN2O3. The van der Waals surface area contributed by atoms with E-state index in [4.69, 9.17) is 21.2 Å². The van der Waals surface area contributed by atoms with E-state index in [1.165, 1.54) is 12.1 Å². The smallest absolute Gasteiger partial charge is 0.268 e. The molecule has 2 aromatic rings. The minimum Gasteiger partial charge on any atom is -0.497 e. The molecule has 3 rings (SSSR count). The fourth-order valence-corrected chi connectivity index (χ4v) is 2.61. The second-order valence-corrected chi connectivity index (χ2v) is 5.56. The van der Waals surface area contributed by atoms with Crippen LogP contribution >= 0.6 is 11.6 Å². The molecule has 0 spiro atoms. The zero-order chi connectivity index (χ0) is 17.1. The van der Waals surface area contributed by atoms with E-state index in [1.54, 1.807) is 37.4 Å². The summed E-state index contributed by atoms with van der Waals surface area (Å²) in [5, 5.41) is 6.76. The number of halogens is 2. The third-order valence-electron chi connectivity index (χ3n) is 3.57. The number of hydrogen-bond donors (Lipinski definition) is 1. The minimum atomic E-state index is -0.835. The number of oxime groups is 1. The van der Waals surface area contributed by atoms with Crippen molar-refractivity contribution >= 4 is 28.9 Å². The summed E-state index contributed by atoms with van der Waals surface area (Å²) in [6.07, 6.45) is -0.694. The lowest BCUT2D eigenvalue weighted by Gasteiger charge is -2.10. The first-order chi connectivity index (χ1) is 11.6. The largest absolute Gasteiger partial charge is 0.497 e. The molecule has 1 aliphatic rings. The van der Waals surface area contributed by atoms with E-state index in [0.29, 0.717) is 17.1 Å². The fourth-order valence-electron chi connectivity index (χ4n) is 2.34. The number of nitrogens with zero attached hydrogens (tertiary/aromatic N) is 1. The van der Waals surface area contributed by atoms with Gasteiger partial charge >= 0.3 is 0 Å². The van der Waals surface area contributed by atoms with Gasteiger partial charge in [0.15, 0.2) is 0 Å². The number of hydrogen-bond acceptors (Lipinski definition) is 4. The number of nitrogens with one attached hydrogen (secondary N) is 1. The number of ether oxygens (including phenoxy) is 1. The van der Waals surface area contributed by atoms with Gasteiger partial charge < -0.3 is 14.9 Å². The van der Waals surface area contributed by atoms with Crippen LogP contribution in [0, 0.1) is 5.82 Å². The Hall–Kier alpha value is -2.60. The first-order valence-corrected chi connectivity index (χ1v) is 7.58. The average Bonchev–Trinajstić information content (AvgIpc) is 3.05. The van der Waals surface area contributed by atoms with Crippen LogP contribution in [0.2, 0.25) is 5.02 Å². The van der Waals surface area contributed by atoms with E-state index < -0.39 is 11.9 Å². The minimum absolute atomic E-state index is 0.142. The average molecular weight is 349 g/mol. The first kappa shape index (κ1) is 16.3. The van der Waals surface area contributed by atoms with E-state index in [-0.39, 0.29) is 22.9 Å². The van der Waals surface area contributed by atoms with Crippen LogP contribution in [0.4, 0.5) is 10.1 Å². The molecule has 24 heavy (non-hydrogen) atoms. The van der Waals surface area contributed by atoms with E-state index in [9.17, 15) is 9.18 Å². The van der Waals surface area contributed by atoms with Crippen molar-refractivity contribution in [3.05, 3.63) is 58.9 Å². The van der Waals surface area contributed by atoms with E-state index in [2.05, 4.69) is 10.5 Å². The normalized spacial score (nSPS) is 16.3. The van der Waals surface area contributed by atoms with Gasteiger partial charge in [0.25, 0.3) is 5.91 Å². The third kappa shape index (κ3) is 3.33. The summed E-state index contributed by atoms with van der Waals surface area (Å²) in [6, 6.07) is 11.2. The molecule has 1 heterocycles. The van der Waals surface area contributed by atoms with Crippen molar-refractivity contribution in [2.45, 2.75) is 12.5 Å². The van der Waals surface area contributed by atoms with Crippen LogP contribution in [0.3, 0.4) is 0 Å². The van der Waals surface area contributed by atoms with Crippen molar-refractivity contribution in [1.29, 1.82) is 0 Å². The van der Waals surface area contributed by atoms with Crippen LogP contribution in [0.5, 0.6) is 5.75 Å². The predicted molar refractivity (Wildman–Crippen MR) is 89.1 cm³/mol. The van der Waals surface area contributed by atoms with Crippen LogP contribution in [0.25, 0.3) is 0 Å². The van der Waals surface area contributed by atoms with Gasteiger partial charge in [-0.15, -0.1) is 0 Å². The Morgan fingerprint density at radius 2 is 2.08 bits per heavy atom. The Labute approximate surface area is 143 Å². The summed E-state index contributed by atoms with van der Waals surface area (Å²) in [5.74, 6) is -0.183. The first-order valence-electron chi connectivity index (χ1n) is 7.20. The maximum absolute atomic E-state index is 13.9. The fraction of sp³-hybridized carbons (Fsp3) is 0.176. The SMILES string of the molecule is COc1ccc(NC(=O)[C@@H]2CC(c3c(F)cccc3Cl)=NO2)cc1. The number of anilines is 1. The van der Waals surface area contributed by atoms with Crippen molar-refractivity contribution in [1.82, 2.24) is 0 Å². The van der Waals surface area contributed by atoms with Crippen LogP contribution in [0.1, 0.15) is 12.0 Å². The molecule has 1 amide bonds. The van der Waals surface area contributed by atoms with Gasteiger partial charge in [-0.25, -0.2) is 4.39 Å². The van der Waals surface area contributed by atoms with E-state index in [0.717, 1.165) is 0 Å². The Morgan fingerprint density at radius 3 is 2.75 bits per heavy atom. The lowest BCUT2D eigenvalue weighted by molar-refractivity contribution is -0.125. The Kier molecular flexibility index (Phi) is 4.66. The molecule has 7 heteroatoms. The highest BCUT2D eigenvalue weighted by Gasteiger charge is 2.31. The highest BCUT2D eigenvalue weighted by Crippen LogP contribution is 2.26. The lowest BCUT2D eigenvalue weighted by Crippen LogP contribution is -2.28. The van der Waals surface area contributed by atoms with Gasteiger partial charge in [-0.3, -0.25) is 4.79 Å². The van der Waals surface area contributed by atoms with Gasteiger partial charge in [0.2, 0.25) is 6.10 Å². The molecule has 124 valence electrons. The van der Waals surface area contributed by atoms with Gasteiger partial charge in [0.05, 0.1) is 23.4 Å². The number of carbonyl (C=O) groups is 1. The molecule has 1 aliphatic heterocycles. The molecule has 0 radical (unpaired) electrons. The Balaban J connectivity index is 1.67. The maximum Gasteiger partial charge on any atom is 0.268 e. The van der Waals surface area contributed by atoms with Crippen molar-refractivity contribution in [2.75, 3.05) is 12.4 Å². The quantitative estimate of drug-likeness (QED) is 0.918. The Morgan fingerprint density at radius 1 is 1.33 bits per heavy atom. The van der Waals surface area contributed by atoms with Gasteiger partial charge in [0.1, 0.15) is 11.6 Å². The van der Waals surface area contributed by atoms with Gasteiger partial charge in [-0.2, -0.15) is 0 Å². The second-order valence-electron chi connectivity index (χ2n) is 5.15. The molecule has 5 nitrogen and oxygen atoms in total. The van der Waals surface area contributed by atoms with Crippen molar-refractivity contribution in [3.8, 4) is 5.75 Å². The number of methoxy groups -OCH3 is 1. The molecule has 1 atom stereocenters. The van der Waals surface area contributed by atoms with E-state index in [1.807, 2.05) is 0 Å². The molecule has 0 unspecified atom stereocenters. The molecule has 0 bridgehead atoms. The second kappa shape index (κ2) is 6.88. The number of carbonyl (C=O) groups excluding carboxylic acids is 1. The molecule has 1 N–H and O–H groups in total. The van der Waals surface area contributed by atoms with Crippen LogP contribution in [0.15, 0.2) is 47.6 Å². The molecule has 2 aromatic carbocycles. The zero-order valence-electron chi connectivity index (χ0n) is 12.8. The predicted octanol–water partition coefficient (Wildman–Crippen LogP) is 3.62. The topological polar surface area (TPSA) is 59.9 Å². The highest BCUT2D eigenvalue weighted by atomic mass is 35.5. The lowest BCUT2D eigenvalue weighted by atomic mass is 10.0. The van der Waals surface area contributed by atoms with Crippen LogP contribution in [-0.2, 0) is 9.63 Å². The van der Waals surface area contributed by atoms with Crippen molar-refractivity contribution < 1.29 is 18.8 Å². The standard InChI is InChI=1S/C17H14ClFN2O3/c1-23-11-7-5-10(6-8-11)20-17(22)15-9-14(21-24-15)16-12(18)3-2-4-13(16)19/h2-8,15H,9H2,1H3,(H,20,22)/t15-/m0/s1. The third-order valence-corrected chi connectivity index (χ3v) is 3.89. The van der Waals surface area contributed by atoms with Crippen LogP contribution < -0.4 is 10.1 Å².